The number of hydrogen-bond acceptors (Lipinski definition) is 10. The summed E-state index contributed by atoms with van der Waals surface area (Å²) in [7, 11) is 4.64. The number of unbranched alkanes of at least 4 members (excludes halogenated alkanes) is 3. The average Bonchev–Trinajstić information content (AvgIpc) is 3.10. The predicted molar refractivity (Wildman–Crippen MR) is 185 cm³/mol. The first-order valence-electron chi connectivity index (χ1n) is 17.3. The third-order valence-corrected chi connectivity index (χ3v) is 11.0. The average molecular weight is 679 g/mol. The number of benzene rings is 2. The summed E-state index contributed by atoms with van der Waals surface area (Å²) in [6.45, 7) is 6.47. The molecule has 5 atom stereocenters. The fourth-order valence-electron chi connectivity index (χ4n) is 8.52. The molecule has 0 spiro atoms. The van der Waals surface area contributed by atoms with E-state index in [1.807, 2.05) is 13.0 Å². The molecular weight excluding hydrogens is 628 g/mol. The Morgan fingerprint density at radius 2 is 1.88 bits per heavy atom. The van der Waals surface area contributed by atoms with Crippen LogP contribution in [0.1, 0.15) is 87.4 Å². The molecule has 5 rings (SSSR count). The number of carboxylic acids is 1. The Morgan fingerprint density at radius 3 is 2.57 bits per heavy atom. The first-order valence-corrected chi connectivity index (χ1v) is 17.3. The first-order chi connectivity index (χ1) is 23.6. The van der Waals surface area contributed by atoms with E-state index < -0.39 is 34.2 Å². The first kappa shape index (κ1) is 36.1. The van der Waals surface area contributed by atoms with Crippen molar-refractivity contribution in [2.24, 2.45) is 5.41 Å². The number of nitrogens with zero attached hydrogens (tertiary/aromatic N) is 2. The van der Waals surface area contributed by atoms with Gasteiger partial charge < -0.3 is 30.0 Å². The van der Waals surface area contributed by atoms with Crippen LogP contribution in [-0.2, 0) is 20.7 Å². The molecule has 2 aromatic rings. The van der Waals surface area contributed by atoms with Gasteiger partial charge >= 0.3 is 11.9 Å². The summed E-state index contributed by atoms with van der Waals surface area (Å²) in [6, 6.07) is 10.4. The molecule has 12 heteroatoms. The van der Waals surface area contributed by atoms with Gasteiger partial charge in [0.25, 0.3) is 5.69 Å². The van der Waals surface area contributed by atoms with Crippen LogP contribution in [0.4, 0.5) is 5.69 Å². The maximum Gasteiger partial charge on any atom is 0.336 e. The molecule has 3 aliphatic rings. The highest BCUT2D eigenvalue weighted by molar-refractivity contribution is 5.94. The van der Waals surface area contributed by atoms with Gasteiger partial charge in [-0.2, -0.15) is 0 Å². The molecule has 2 aromatic carbocycles. The van der Waals surface area contributed by atoms with E-state index in [4.69, 9.17) is 14.2 Å². The molecule has 3 N–H and O–H groups in total. The number of hydrogen-bond donors (Lipinski definition) is 3. The van der Waals surface area contributed by atoms with Crippen LogP contribution in [0, 0.1) is 15.5 Å². The molecule has 1 fully saturated rings. The quantitative estimate of drug-likeness (QED) is 0.100. The summed E-state index contributed by atoms with van der Waals surface area (Å²) in [5.41, 5.74) is 2.12. The number of non-ortho nitro benzene ring substituents is 1. The second-order valence-corrected chi connectivity index (χ2v) is 13.5. The van der Waals surface area contributed by atoms with Crippen molar-refractivity contribution in [3.63, 3.8) is 0 Å². The zero-order valence-corrected chi connectivity index (χ0v) is 29.3. The maximum atomic E-state index is 13.3. The van der Waals surface area contributed by atoms with Crippen LogP contribution in [0.15, 0.2) is 47.7 Å². The van der Waals surface area contributed by atoms with Crippen LogP contribution >= 0.6 is 0 Å². The van der Waals surface area contributed by atoms with Gasteiger partial charge in [-0.3, -0.25) is 19.8 Å². The number of carbonyl (C=O) groups excluding carboxylic acids is 1. The van der Waals surface area contributed by atoms with Crippen molar-refractivity contribution >= 4 is 17.6 Å². The zero-order chi connectivity index (χ0) is 35.3. The van der Waals surface area contributed by atoms with Crippen LogP contribution in [0.25, 0.3) is 0 Å². The molecule has 0 aromatic heterocycles. The molecule has 3 aliphatic heterocycles. The SMILES string of the molecule is COC(=O)C1=C(C)NC(C)C(CCCCCCNC2CCN3CCc4c(ccc(OC)c4OC)C3C2)(C(=O)O)C1c1cccc([N+](=O)[O-])c1. The summed E-state index contributed by atoms with van der Waals surface area (Å²) in [5.74, 6) is -0.995. The van der Waals surface area contributed by atoms with Crippen molar-refractivity contribution in [1.82, 2.24) is 15.5 Å². The van der Waals surface area contributed by atoms with Gasteiger partial charge in [-0.1, -0.05) is 37.5 Å². The number of carbonyl (C=O) groups is 2. The Labute approximate surface area is 288 Å². The van der Waals surface area contributed by atoms with Gasteiger partial charge in [0.1, 0.15) is 0 Å². The molecule has 0 saturated carbocycles. The lowest BCUT2D eigenvalue weighted by Crippen LogP contribution is -2.56. The molecule has 0 bridgehead atoms. The van der Waals surface area contributed by atoms with Gasteiger partial charge in [0, 0.05) is 60.5 Å². The number of piperidine rings is 1. The standard InChI is InChI=1S/C37H50N4O8/c1-23-32(35(42)49-5)33(25-11-10-12-27(21-25)41(45)46)37(36(43)44,24(2)39-23)17-8-6-7-9-18-38-26-15-19-40-20-16-29-28(30(40)22-26)13-14-31(47-3)34(29)48-4/h10-14,21,24,26,30,33,38-39H,6-9,15-20,22H2,1-5H3,(H,43,44). The fourth-order valence-corrected chi connectivity index (χ4v) is 8.52. The van der Waals surface area contributed by atoms with E-state index in [1.54, 1.807) is 27.2 Å². The molecule has 0 radical (unpaired) electrons. The number of nitrogens with one attached hydrogen (secondary N) is 2. The number of allylic oxidation sites excluding steroid dienone is 1. The van der Waals surface area contributed by atoms with Crippen molar-refractivity contribution in [2.45, 2.75) is 89.3 Å². The van der Waals surface area contributed by atoms with Gasteiger partial charge in [0.2, 0.25) is 0 Å². The third-order valence-electron chi connectivity index (χ3n) is 11.0. The second-order valence-electron chi connectivity index (χ2n) is 13.5. The number of ether oxygens (including phenoxy) is 3. The van der Waals surface area contributed by atoms with E-state index in [2.05, 4.69) is 21.6 Å². The Morgan fingerprint density at radius 1 is 1.10 bits per heavy atom. The number of rotatable bonds is 14. The molecule has 1 saturated heterocycles. The van der Waals surface area contributed by atoms with Crippen LogP contribution in [0.3, 0.4) is 0 Å². The molecule has 266 valence electrons. The Kier molecular flexibility index (Phi) is 11.5. The molecule has 49 heavy (non-hydrogen) atoms. The molecule has 0 aliphatic carbocycles. The summed E-state index contributed by atoms with van der Waals surface area (Å²) >= 11 is 0. The maximum absolute atomic E-state index is 13.3. The monoisotopic (exact) mass is 678 g/mol. The number of esters is 1. The smallest absolute Gasteiger partial charge is 0.336 e. The van der Waals surface area contributed by atoms with E-state index in [0.29, 0.717) is 36.2 Å². The Bertz CT molecular complexity index is 1580. The number of nitro benzene ring substituents is 1. The second kappa shape index (κ2) is 15.6. The molecular formula is C37H50N4O8. The predicted octanol–water partition coefficient (Wildman–Crippen LogP) is 5.51. The highest BCUT2D eigenvalue weighted by Gasteiger charge is 2.56. The summed E-state index contributed by atoms with van der Waals surface area (Å²) in [5, 5.41) is 29.5. The van der Waals surface area contributed by atoms with Gasteiger partial charge in [0.15, 0.2) is 11.5 Å². The van der Waals surface area contributed by atoms with Crippen LogP contribution in [-0.4, -0.2) is 79.9 Å². The number of carboxylic acid groups (broad SMARTS) is 1. The highest BCUT2D eigenvalue weighted by atomic mass is 16.6. The van der Waals surface area contributed by atoms with E-state index in [-0.39, 0.29) is 11.3 Å². The lowest BCUT2D eigenvalue weighted by atomic mass is 9.60. The van der Waals surface area contributed by atoms with Crippen LogP contribution < -0.4 is 20.1 Å². The van der Waals surface area contributed by atoms with E-state index >= 15 is 0 Å². The lowest BCUT2D eigenvalue weighted by molar-refractivity contribution is -0.384. The lowest BCUT2D eigenvalue weighted by Gasteiger charge is -2.47. The van der Waals surface area contributed by atoms with Crippen molar-refractivity contribution in [2.75, 3.05) is 41.0 Å². The molecule has 0 amide bonds. The number of fused-ring (bicyclic) bond motifs is 3. The molecule has 3 heterocycles. The molecule has 12 nitrogen and oxygen atoms in total. The van der Waals surface area contributed by atoms with E-state index in [9.17, 15) is 24.8 Å². The van der Waals surface area contributed by atoms with Crippen molar-refractivity contribution in [3.05, 3.63) is 74.5 Å². The summed E-state index contributed by atoms with van der Waals surface area (Å²) < 4.78 is 16.4. The number of aliphatic carboxylic acids is 1. The number of methoxy groups -OCH3 is 3. The van der Waals surface area contributed by atoms with Crippen molar-refractivity contribution in [1.29, 1.82) is 0 Å². The van der Waals surface area contributed by atoms with Gasteiger partial charge in [-0.05, 0) is 69.7 Å². The van der Waals surface area contributed by atoms with Gasteiger partial charge in [-0.15, -0.1) is 0 Å². The van der Waals surface area contributed by atoms with Gasteiger partial charge in [0.05, 0.1) is 37.2 Å². The zero-order valence-electron chi connectivity index (χ0n) is 29.3. The topological polar surface area (TPSA) is 152 Å². The fraction of sp³-hybridized carbons (Fsp3) is 0.568. The molecule has 5 unspecified atom stereocenters. The summed E-state index contributed by atoms with van der Waals surface area (Å²) in [4.78, 5) is 40.1. The Hall–Kier alpha value is -4.16. The minimum Gasteiger partial charge on any atom is -0.493 e. The summed E-state index contributed by atoms with van der Waals surface area (Å²) in [6.07, 6.45) is 6.70. The van der Waals surface area contributed by atoms with Crippen LogP contribution in [0.2, 0.25) is 0 Å². The normalized spacial score (nSPS) is 25.1. The minimum atomic E-state index is -1.42. The van der Waals surface area contributed by atoms with Gasteiger partial charge in [-0.25, -0.2) is 4.79 Å². The van der Waals surface area contributed by atoms with Crippen molar-refractivity contribution in [3.8, 4) is 11.5 Å². The highest BCUT2D eigenvalue weighted by Crippen LogP contribution is 2.52. The minimum absolute atomic E-state index is 0.157. The number of nitro groups is 1. The van der Waals surface area contributed by atoms with E-state index in [0.717, 1.165) is 69.7 Å². The van der Waals surface area contributed by atoms with Crippen molar-refractivity contribution < 1.29 is 33.8 Å². The van der Waals surface area contributed by atoms with E-state index in [1.165, 1.54) is 36.4 Å². The Balaban J connectivity index is 1.21. The third kappa shape index (κ3) is 7.12. The van der Waals surface area contributed by atoms with Crippen LogP contribution in [0.5, 0.6) is 11.5 Å². The largest absolute Gasteiger partial charge is 0.493 e.